The number of fused-ring (bicyclic) bond motifs is 1. The molecule has 3 aromatic rings. The Kier molecular flexibility index (Phi) is 3.74. The summed E-state index contributed by atoms with van der Waals surface area (Å²) in [6, 6.07) is 8.85. The fraction of sp³-hybridized carbons (Fsp3) is 0.235. The van der Waals surface area contributed by atoms with Crippen molar-refractivity contribution in [1.82, 2.24) is 15.3 Å². The van der Waals surface area contributed by atoms with Crippen LogP contribution in [0.15, 0.2) is 58.7 Å². The molecule has 2 aromatic heterocycles. The zero-order valence-electron chi connectivity index (χ0n) is 13.1. The number of piperazine rings is 1. The minimum Gasteiger partial charge on any atom is -0.367 e. The number of sulfone groups is 1. The summed E-state index contributed by atoms with van der Waals surface area (Å²) in [7, 11) is -3.57. The summed E-state index contributed by atoms with van der Waals surface area (Å²) in [6.07, 6.45) is 4.58. The lowest BCUT2D eigenvalue weighted by Crippen LogP contribution is -2.43. The summed E-state index contributed by atoms with van der Waals surface area (Å²) in [6.45, 7) is 3.67. The van der Waals surface area contributed by atoms with Gasteiger partial charge < -0.3 is 15.2 Å². The Balaban J connectivity index is 1.84. The second kappa shape index (κ2) is 5.92. The fourth-order valence-corrected chi connectivity index (χ4v) is 4.56. The number of anilines is 1. The van der Waals surface area contributed by atoms with Crippen molar-refractivity contribution in [2.45, 2.75) is 9.79 Å². The van der Waals surface area contributed by atoms with E-state index in [1.54, 1.807) is 6.20 Å². The van der Waals surface area contributed by atoms with Crippen molar-refractivity contribution >= 4 is 26.4 Å². The maximum absolute atomic E-state index is 12.9. The zero-order chi connectivity index (χ0) is 16.6. The van der Waals surface area contributed by atoms with Gasteiger partial charge >= 0.3 is 0 Å². The molecule has 6 nitrogen and oxygen atoms in total. The monoisotopic (exact) mass is 342 g/mol. The summed E-state index contributed by atoms with van der Waals surface area (Å²) >= 11 is 0. The van der Waals surface area contributed by atoms with Crippen LogP contribution in [0, 0.1) is 0 Å². The van der Waals surface area contributed by atoms with Crippen LogP contribution in [0.5, 0.6) is 0 Å². The van der Waals surface area contributed by atoms with Crippen molar-refractivity contribution in [3.05, 3.63) is 48.9 Å². The maximum atomic E-state index is 12.9. The Hall–Kier alpha value is -2.38. The maximum Gasteiger partial charge on any atom is 0.208 e. The number of pyridine rings is 1. The van der Waals surface area contributed by atoms with Gasteiger partial charge in [0.1, 0.15) is 0 Å². The second-order valence-electron chi connectivity index (χ2n) is 5.78. The number of benzene rings is 1. The lowest BCUT2D eigenvalue weighted by atomic mass is 10.2. The molecule has 1 aliphatic heterocycles. The van der Waals surface area contributed by atoms with Crippen molar-refractivity contribution in [3.63, 3.8) is 0 Å². The van der Waals surface area contributed by atoms with Crippen LogP contribution in [0.3, 0.4) is 0 Å². The van der Waals surface area contributed by atoms with Crippen LogP contribution in [0.25, 0.3) is 10.9 Å². The van der Waals surface area contributed by atoms with E-state index in [2.05, 4.69) is 20.2 Å². The van der Waals surface area contributed by atoms with E-state index in [1.165, 1.54) is 24.5 Å². The molecule has 0 unspecified atom stereocenters. The first-order valence-electron chi connectivity index (χ1n) is 7.89. The molecule has 1 aliphatic rings. The lowest BCUT2D eigenvalue weighted by molar-refractivity contribution is 0.590. The first-order chi connectivity index (χ1) is 11.7. The predicted octanol–water partition coefficient (Wildman–Crippen LogP) is 1.81. The summed E-state index contributed by atoms with van der Waals surface area (Å²) in [4.78, 5) is 9.90. The Morgan fingerprint density at radius 1 is 1.04 bits per heavy atom. The van der Waals surface area contributed by atoms with Crippen LogP contribution in [-0.4, -0.2) is 44.6 Å². The smallest absolute Gasteiger partial charge is 0.208 e. The van der Waals surface area contributed by atoms with Crippen molar-refractivity contribution in [2.24, 2.45) is 0 Å². The van der Waals surface area contributed by atoms with Gasteiger partial charge in [-0.15, -0.1) is 0 Å². The molecule has 3 heterocycles. The van der Waals surface area contributed by atoms with Crippen LogP contribution in [-0.2, 0) is 9.84 Å². The minimum absolute atomic E-state index is 0.256. The number of para-hydroxylation sites is 1. The van der Waals surface area contributed by atoms with Crippen LogP contribution in [0.1, 0.15) is 0 Å². The Labute approximate surface area is 140 Å². The average Bonchev–Trinajstić information content (AvgIpc) is 3.08. The first-order valence-corrected chi connectivity index (χ1v) is 9.37. The summed E-state index contributed by atoms with van der Waals surface area (Å²) in [5.74, 6) is 0. The van der Waals surface area contributed by atoms with Crippen molar-refractivity contribution < 1.29 is 8.42 Å². The highest BCUT2D eigenvalue weighted by atomic mass is 32.2. The highest BCUT2D eigenvalue weighted by Gasteiger charge is 2.23. The van der Waals surface area contributed by atoms with Gasteiger partial charge in [0.25, 0.3) is 0 Å². The van der Waals surface area contributed by atoms with Gasteiger partial charge in [-0.3, -0.25) is 4.98 Å². The van der Waals surface area contributed by atoms with Gasteiger partial charge in [0.05, 0.1) is 21.0 Å². The summed E-state index contributed by atoms with van der Waals surface area (Å²) < 4.78 is 25.9. The van der Waals surface area contributed by atoms with E-state index in [0.29, 0.717) is 4.90 Å². The van der Waals surface area contributed by atoms with Crippen LogP contribution in [0.2, 0.25) is 0 Å². The van der Waals surface area contributed by atoms with Crippen molar-refractivity contribution in [3.8, 4) is 0 Å². The SMILES string of the molecule is O=S(=O)(c1ccncc1)c1c[nH]c2c(N3CCNCC3)cccc12. The molecule has 0 aliphatic carbocycles. The molecule has 4 rings (SSSR count). The molecule has 1 aromatic carbocycles. The second-order valence-corrected chi connectivity index (χ2v) is 7.69. The lowest BCUT2D eigenvalue weighted by Gasteiger charge is -2.29. The molecule has 0 radical (unpaired) electrons. The molecule has 0 atom stereocenters. The zero-order valence-corrected chi connectivity index (χ0v) is 13.9. The highest BCUT2D eigenvalue weighted by Crippen LogP contribution is 2.33. The molecule has 2 N–H and O–H groups in total. The van der Waals surface area contributed by atoms with Crippen LogP contribution >= 0.6 is 0 Å². The van der Waals surface area contributed by atoms with E-state index >= 15 is 0 Å². The standard InChI is InChI=1S/C17H18N4O2S/c22-24(23,13-4-6-18-7-5-13)16-12-20-17-14(16)2-1-3-15(17)21-10-8-19-9-11-21/h1-7,12,19-20H,8-11H2. The third-order valence-corrected chi connectivity index (χ3v) is 6.17. The summed E-state index contributed by atoms with van der Waals surface area (Å²) in [5.41, 5.74) is 1.91. The van der Waals surface area contributed by atoms with E-state index in [0.717, 1.165) is 42.8 Å². The van der Waals surface area contributed by atoms with Gasteiger partial charge in [0.15, 0.2) is 0 Å². The topological polar surface area (TPSA) is 78.1 Å². The van der Waals surface area contributed by atoms with Gasteiger partial charge in [-0.05, 0) is 18.2 Å². The predicted molar refractivity (Wildman–Crippen MR) is 93.1 cm³/mol. The number of hydrogen-bond donors (Lipinski definition) is 2. The quantitative estimate of drug-likeness (QED) is 0.759. The van der Waals surface area contributed by atoms with Gasteiger partial charge in [0, 0.05) is 50.2 Å². The number of nitrogens with zero attached hydrogens (tertiary/aromatic N) is 2. The molecule has 0 spiro atoms. The number of rotatable bonds is 3. The summed E-state index contributed by atoms with van der Waals surface area (Å²) in [5, 5.41) is 4.05. The van der Waals surface area contributed by atoms with Crippen molar-refractivity contribution in [2.75, 3.05) is 31.1 Å². The number of H-pyrrole nitrogens is 1. The Bertz CT molecular complexity index is 961. The van der Waals surface area contributed by atoms with E-state index in [9.17, 15) is 8.42 Å². The number of aromatic nitrogens is 2. The third-order valence-electron chi connectivity index (χ3n) is 4.36. The van der Waals surface area contributed by atoms with E-state index in [-0.39, 0.29) is 4.90 Å². The van der Waals surface area contributed by atoms with Gasteiger partial charge in [0.2, 0.25) is 9.84 Å². The number of nitrogens with one attached hydrogen (secondary N) is 2. The third kappa shape index (κ3) is 2.46. The van der Waals surface area contributed by atoms with E-state index < -0.39 is 9.84 Å². The van der Waals surface area contributed by atoms with E-state index in [4.69, 9.17) is 0 Å². The minimum atomic E-state index is -3.57. The molecule has 1 saturated heterocycles. The van der Waals surface area contributed by atoms with Crippen LogP contribution < -0.4 is 10.2 Å². The number of hydrogen-bond acceptors (Lipinski definition) is 5. The Morgan fingerprint density at radius 3 is 2.54 bits per heavy atom. The van der Waals surface area contributed by atoms with Gasteiger partial charge in [-0.25, -0.2) is 8.42 Å². The number of aromatic amines is 1. The normalized spacial score (nSPS) is 15.8. The van der Waals surface area contributed by atoms with Crippen molar-refractivity contribution in [1.29, 1.82) is 0 Å². The van der Waals surface area contributed by atoms with Gasteiger partial charge in [-0.1, -0.05) is 12.1 Å². The molecular weight excluding hydrogens is 324 g/mol. The highest BCUT2D eigenvalue weighted by molar-refractivity contribution is 7.91. The molecule has 1 fully saturated rings. The molecule has 24 heavy (non-hydrogen) atoms. The molecule has 0 bridgehead atoms. The fourth-order valence-electron chi connectivity index (χ4n) is 3.15. The first kappa shape index (κ1) is 15.2. The molecule has 0 amide bonds. The van der Waals surface area contributed by atoms with Crippen LogP contribution in [0.4, 0.5) is 5.69 Å². The molecule has 0 saturated carbocycles. The largest absolute Gasteiger partial charge is 0.367 e. The Morgan fingerprint density at radius 2 is 1.79 bits per heavy atom. The van der Waals surface area contributed by atoms with Gasteiger partial charge in [-0.2, -0.15) is 0 Å². The average molecular weight is 342 g/mol. The van der Waals surface area contributed by atoms with E-state index in [1.807, 2.05) is 18.2 Å². The molecular formula is C17H18N4O2S. The molecule has 7 heteroatoms. The molecule has 124 valence electrons.